The average molecular weight is 479 g/mol. The summed E-state index contributed by atoms with van der Waals surface area (Å²) in [7, 11) is 1.80. The van der Waals surface area contributed by atoms with Gasteiger partial charge in [-0.3, -0.25) is 4.99 Å². The Morgan fingerprint density at radius 3 is 2.63 bits per heavy atom. The highest BCUT2D eigenvalue weighted by molar-refractivity contribution is 14.0. The second-order valence-electron chi connectivity index (χ2n) is 6.76. The topological polar surface area (TPSA) is 54.9 Å². The molecule has 2 aromatic carbocycles. The molecule has 0 fully saturated rings. The fourth-order valence-electron chi connectivity index (χ4n) is 3.55. The molecule has 0 saturated heterocycles. The van der Waals surface area contributed by atoms with Crippen LogP contribution in [0.3, 0.4) is 0 Å². The number of ether oxygens (including phenoxy) is 2. The smallest absolute Gasteiger partial charge is 0.195 e. The van der Waals surface area contributed by atoms with Crippen molar-refractivity contribution in [2.45, 2.75) is 31.7 Å². The van der Waals surface area contributed by atoms with Crippen LogP contribution >= 0.6 is 24.0 Å². The van der Waals surface area contributed by atoms with E-state index >= 15 is 0 Å². The molecule has 0 aromatic heterocycles. The van der Waals surface area contributed by atoms with Crippen LogP contribution in [-0.4, -0.2) is 32.3 Å². The Morgan fingerprint density at radius 2 is 1.81 bits per heavy atom. The van der Waals surface area contributed by atoms with Crippen LogP contribution in [0.2, 0.25) is 0 Å². The van der Waals surface area contributed by atoms with E-state index < -0.39 is 0 Å². The van der Waals surface area contributed by atoms with Gasteiger partial charge in [0, 0.05) is 31.3 Å². The van der Waals surface area contributed by atoms with Crippen molar-refractivity contribution in [2.75, 3.05) is 25.6 Å². The van der Waals surface area contributed by atoms with Gasteiger partial charge in [-0.15, -0.1) is 24.0 Å². The van der Waals surface area contributed by atoms with Gasteiger partial charge in [-0.25, -0.2) is 0 Å². The Morgan fingerprint density at radius 1 is 1.04 bits per heavy atom. The second kappa shape index (κ2) is 9.30. The standard InChI is InChI=1S/C21H25N3O2.HI/c1-22-21(23-17-8-7-15-5-2-3-6-16(15)13-17)24-18-9-10-19-20(14-18)26-12-4-11-25-19;/h2-3,5-6,9-10,14,17H,4,7-8,11-13H2,1H3,(H2,22,23,24);1H. The molecule has 0 saturated carbocycles. The van der Waals surface area contributed by atoms with Crippen LogP contribution in [0.15, 0.2) is 47.5 Å². The van der Waals surface area contributed by atoms with Crippen molar-refractivity contribution in [3.8, 4) is 11.5 Å². The molecule has 6 heteroatoms. The Labute approximate surface area is 177 Å². The van der Waals surface area contributed by atoms with Gasteiger partial charge in [0.2, 0.25) is 0 Å². The molecular weight excluding hydrogens is 453 g/mol. The third kappa shape index (κ3) is 4.86. The first-order valence-electron chi connectivity index (χ1n) is 9.28. The third-order valence-corrected chi connectivity index (χ3v) is 4.92. The number of guanidine groups is 1. The average Bonchev–Trinajstić information content (AvgIpc) is 2.92. The number of hydrogen-bond donors (Lipinski definition) is 2. The van der Waals surface area contributed by atoms with Crippen LogP contribution in [0.5, 0.6) is 11.5 Å². The van der Waals surface area contributed by atoms with Crippen LogP contribution in [0.4, 0.5) is 5.69 Å². The highest BCUT2D eigenvalue weighted by Crippen LogP contribution is 2.32. The lowest BCUT2D eigenvalue weighted by Crippen LogP contribution is -2.42. The molecule has 144 valence electrons. The predicted molar refractivity (Wildman–Crippen MR) is 120 cm³/mol. The Balaban J connectivity index is 0.00000210. The number of rotatable bonds is 2. The molecule has 2 aromatic rings. The van der Waals surface area contributed by atoms with Crippen LogP contribution in [0.1, 0.15) is 24.0 Å². The second-order valence-corrected chi connectivity index (χ2v) is 6.76. The highest BCUT2D eigenvalue weighted by Gasteiger charge is 2.19. The molecule has 0 bridgehead atoms. The summed E-state index contributed by atoms with van der Waals surface area (Å²) in [5.41, 5.74) is 3.84. The zero-order valence-corrected chi connectivity index (χ0v) is 17.9. The van der Waals surface area contributed by atoms with Crippen LogP contribution in [0, 0.1) is 0 Å². The van der Waals surface area contributed by atoms with Crippen molar-refractivity contribution >= 4 is 35.6 Å². The maximum absolute atomic E-state index is 5.77. The van der Waals surface area contributed by atoms with E-state index in [1.807, 2.05) is 18.2 Å². The van der Waals surface area contributed by atoms with Crippen molar-refractivity contribution < 1.29 is 9.47 Å². The van der Waals surface area contributed by atoms with E-state index in [-0.39, 0.29) is 24.0 Å². The van der Waals surface area contributed by atoms with Crippen LogP contribution in [0.25, 0.3) is 0 Å². The molecule has 1 atom stereocenters. The number of aryl methyl sites for hydroxylation is 1. The number of anilines is 1. The van der Waals surface area contributed by atoms with Crippen molar-refractivity contribution in [3.05, 3.63) is 53.6 Å². The Hall–Kier alpha value is -1.96. The first kappa shape index (κ1) is 19.8. The highest BCUT2D eigenvalue weighted by atomic mass is 127. The molecule has 27 heavy (non-hydrogen) atoms. The number of aliphatic imine (C=N–C) groups is 1. The van der Waals surface area contributed by atoms with Crippen molar-refractivity contribution in [3.63, 3.8) is 0 Å². The lowest BCUT2D eigenvalue weighted by molar-refractivity contribution is 0.297. The van der Waals surface area contributed by atoms with Crippen LogP contribution in [-0.2, 0) is 12.8 Å². The number of nitrogens with one attached hydrogen (secondary N) is 2. The van der Waals surface area contributed by atoms with Gasteiger partial charge in [-0.05, 0) is 42.5 Å². The summed E-state index contributed by atoms with van der Waals surface area (Å²) in [6.07, 6.45) is 4.15. The fourth-order valence-corrected chi connectivity index (χ4v) is 3.55. The maximum Gasteiger partial charge on any atom is 0.195 e. The quantitative estimate of drug-likeness (QED) is 0.389. The molecule has 2 aliphatic rings. The normalized spacial score (nSPS) is 18.6. The summed E-state index contributed by atoms with van der Waals surface area (Å²) < 4.78 is 11.5. The maximum atomic E-state index is 5.77. The third-order valence-electron chi connectivity index (χ3n) is 4.92. The summed E-state index contributed by atoms with van der Waals surface area (Å²) in [4.78, 5) is 4.39. The molecular formula is C21H26IN3O2. The molecule has 1 heterocycles. The van der Waals surface area contributed by atoms with Gasteiger partial charge in [-0.2, -0.15) is 0 Å². The van der Waals surface area contributed by atoms with Gasteiger partial charge in [-0.1, -0.05) is 24.3 Å². The number of halogens is 1. The largest absolute Gasteiger partial charge is 0.490 e. The number of benzene rings is 2. The molecule has 0 radical (unpaired) electrons. The molecule has 1 unspecified atom stereocenters. The zero-order valence-electron chi connectivity index (χ0n) is 15.5. The number of nitrogens with zero attached hydrogens (tertiary/aromatic N) is 1. The first-order valence-corrected chi connectivity index (χ1v) is 9.28. The molecule has 1 aliphatic heterocycles. The summed E-state index contributed by atoms with van der Waals surface area (Å²) in [6.45, 7) is 1.39. The van der Waals surface area contributed by atoms with Gasteiger partial charge in [0.1, 0.15) is 0 Å². The van der Waals surface area contributed by atoms with Gasteiger partial charge in [0.25, 0.3) is 0 Å². The Bertz CT molecular complexity index is 810. The summed E-state index contributed by atoms with van der Waals surface area (Å²) in [6, 6.07) is 15.0. The Kier molecular flexibility index (Phi) is 6.82. The van der Waals surface area contributed by atoms with Crippen LogP contribution < -0.4 is 20.1 Å². The van der Waals surface area contributed by atoms with E-state index in [1.54, 1.807) is 7.05 Å². The fraction of sp³-hybridized carbons (Fsp3) is 0.381. The van der Waals surface area contributed by atoms with E-state index in [4.69, 9.17) is 9.47 Å². The molecule has 2 N–H and O–H groups in total. The van der Waals surface area contributed by atoms with Gasteiger partial charge < -0.3 is 20.1 Å². The minimum Gasteiger partial charge on any atom is -0.490 e. The van der Waals surface area contributed by atoms with Crippen molar-refractivity contribution in [2.24, 2.45) is 4.99 Å². The van der Waals surface area contributed by atoms with Gasteiger partial charge in [0.15, 0.2) is 17.5 Å². The molecule has 4 rings (SSSR count). The molecule has 0 amide bonds. The monoisotopic (exact) mass is 479 g/mol. The van der Waals surface area contributed by atoms with E-state index in [1.165, 1.54) is 11.1 Å². The van der Waals surface area contributed by atoms with E-state index in [2.05, 4.69) is 39.9 Å². The van der Waals surface area contributed by atoms with Gasteiger partial charge >= 0.3 is 0 Å². The summed E-state index contributed by atoms with van der Waals surface area (Å²) >= 11 is 0. The van der Waals surface area contributed by atoms with Crippen molar-refractivity contribution in [1.29, 1.82) is 0 Å². The first-order chi connectivity index (χ1) is 12.8. The summed E-state index contributed by atoms with van der Waals surface area (Å²) in [5, 5.41) is 6.93. The van der Waals surface area contributed by atoms with E-state index in [0.717, 1.165) is 48.8 Å². The zero-order chi connectivity index (χ0) is 17.8. The van der Waals surface area contributed by atoms with Crippen molar-refractivity contribution in [1.82, 2.24) is 5.32 Å². The number of hydrogen-bond acceptors (Lipinski definition) is 3. The van der Waals surface area contributed by atoms with E-state index in [0.29, 0.717) is 19.3 Å². The van der Waals surface area contributed by atoms with E-state index in [9.17, 15) is 0 Å². The molecule has 0 spiro atoms. The molecule has 1 aliphatic carbocycles. The van der Waals surface area contributed by atoms with Gasteiger partial charge in [0.05, 0.1) is 13.2 Å². The summed E-state index contributed by atoms with van der Waals surface area (Å²) in [5.74, 6) is 2.37. The minimum atomic E-state index is 0. The molecule has 5 nitrogen and oxygen atoms in total. The number of fused-ring (bicyclic) bond motifs is 2. The lowest BCUT2D eigenvalue weighted by Gasteiger charge is -2.27. The minimum absolute atomic E-state index is 0. The lowest BCUT2D eigenvalue weighted by atomic mass is 9.88. The SMILES string of the molecule is CN=C(Nc1ccc2c(c1)OCCCO2)NC1CCc2ccccc2C1.I. The predicted octanol–water partition coefficient (Wildman–Crippen LogP) is 4.01.